The van der Waals surface area contributed by atoms with Crippen molar-refractivity contribution in [2.24, 2.45) is 11.8 Å². The van der Waals surface area contributed by atoms with Crippen LogP contribution >= 0.6 is 11.6 Å². The summed E-state index contributed by atoms with van der Waals surface area (Å²) in [4.78, 5) is 14.0. The second-order valence-electron chi connectivity index (χ2n) is 11.3. The molecule has 1 saturated carbocycles. The van der Waals surface area contributed by atoms with Crippen LogP contribution in [0.1, 0.15) is 67.3 Å². The number of halogens is 2. The second kappa shape index (κ2) is 12.7. The van der Waals surface area contributed by atoms with Crippen LogP contribution in [0.4, 0.5) is 4.39 Å². The Bertz CT molecular complexity index is 1370. The fourth-order valence-electron chi connectivity index (χ4n) is 6.52. The first-order chi connectivity index (χ1) is 19.7. The molecule has 9 heteroatoms. The van der Waals surface area contributed by atoms with E-state index in [4.69, 9.17) is 16.3 Å². The van der Waals surface area contributed by atoms with E-state index in [1.165, 1.54) is 22.8 Å². The maximum Gasteiger partial charge on any atom is 0.306 e. The van der Waals surface area contributed by atoms with Crippen molar-refractivity contribution < 1.29 is 29.2 Å². The fraction of sp³-hybridized carbons (Fsp3) is 0.469. The molecule has 1 atom stereocenters. The van der Waals surface area contributed by atoms with Gasteiger partial charge < -0.3 is 20.1 Å². The van der Waals surface area contributed by atoms with Crippen LogP contribution in [0.3, 0.4) is 0 Å². The van der Waals surface area contributed by atoms with Crippen LogP contribution in [-0.2, 0) is 30.7 Å². The maximum absolute atomic E-state index is 14.2. The van der Waals surface area contributed by atoms with Gasteiger partial charge in [-0.3, -0.25) is 14.3 Å². The lowest BCUT2D eigenvalue weighted by Crippen LogP contribution is -2.34. The maximum atomic E-state index is 14.2. The third-order valence-corrected chi connectivity index (χ3v) is 9.20. The van der Waals surface area contributed by atoms with Gasteiger partial charge >= 0.3 is 5.97 Å². The lowest BCUT2D eigenvalue weighted by molar-refractivity contribution is -0.143. The first kappa shape index (κ1) is 29.3. The van der Waals surface area contributed by atoms with Gasteiger partial charge in [0.1, 0.15) is 18.2 Å². The standard InChI is InChI=1S/C32H38ClFN2O5/c1-2-22-17-21(5-12-28(22)41-16-15-36-29(37)13-14-30(36)38)19-35(18-20-3-6-23(7-4-20)32(39)40)27-11-9-25-24(27)8-10-26(34)31(25)33/h5,8,10,12-14,17,20,23,27,37-38H,2-4,6-7,9,11,15-16,18-19H2,1H3,(H,39,40). The van der Waals surface area contributed by atoms with Crippen LogP contribution < -0.4 is 4.74 Å². The molecule has 2 aliphatic carbocycles. The monoisotopic (exact) mass is 584 g/mol. The first-order valence-electron chi connectivity index (χ1n) is 14.5. The molecule has 0 amide bonds. The molecule has 3 aromatic rings. The number of aliphatic carboxylic acids is 1. The summed E-state index contributed by atoms with van der Waals surface area (Å²) in [5.41, 5.74) is 4.20. The number of aromatic hydroxyl groups is 2. The number of rotatable bonds is 11. The molecule has 0 saturated heterocycles. The Hall–Kier alpha value is -3.23. The number of benzene rings is 2. The molecule has 0 bridgehead atoms. The average Bonchev–Trinajstić information content (AvgIpc) is 3.54. The summed E-state index contributed by atoms with van der Waals surface area (Å²) in [6.45, 7) is 4.24. The van der Waals surface area contributed by atoms with Crippen molar-refractivity contribution in [2.45, 2.75) is 71.0 Å². The van der Waals surface area contributed by atoms with E-state index in [2.05, 4.69) is 24.0 Å². The molecular weight excluding hydrogens is 547 g/mol. The van der Waals surface area contributed by atoms with E-state index >= 15 is 0 Å². The van der Waals surface area contributed by atoms with Crippen molar-refractivity contribution in [3.8, 4) is 17.5 Å². The number of hydrogen-bond donors (Lipinski definition) is 3. The molecule has 1 aromatic heterocycles. The number of ether oxygens (including phenoxy) is 1. The Morgan fingerprint density at radius 3 is 2.49 bits per heavy atom. The summed E-state index contributed by atoms with van der Waals surface area (Å²) < 4.78 is 21.6. The van der Waals surface area contributed by atoms with E-state index in [9.17, 15) is 24.5 Å². The number of aryl methyl sites for hydroxylation is 1. The van der Waals surface area contributed by atoms with Gasteiger partial charge in [0.15, 0.2) is 11.8 Å². The third-order valence-electron chi connectivity index (χ3n) is 8.79. The molecule has 1 unspecified atom stereocenters. The summed E-state index contributed by atoms with van der Waals surface area (Å²) in [6.07, 6.45) is 5.56. The minimum absolute atomic E-state index is 0.00814. The minimum Gasteiger partial charge on any atom is -0.494 e. The zero-order valence-corrected chi connectivity index (χ0v) is 24.1. The highest BCUT2D eigenvalue weighted by Gasteiger charge is 2.33. The van der Waals surface area contributed by atoms with Crippen molar-refractivity contribution in [1.29, 1.82) is 0 Å². The van der Waals surface area contributed by atoms with Gasteiger partial charge in [0.2, 0.25) is 0 Å². The molecule has 41 heavy (non-hydrogen) atoms. The quantitative estimate of drug-likeness (QED) is 0.232. The predicted octanol–water partition coefficient (Wildman–Crippen LogP) is 6.71. The Morgan fingerprint density at radius 1 is 1.07 bits per heavy atom. The van der Waals surface area contributed by atoms with Crippen LogP contribution in [0.25, 0.3) is 0 Å². The van der Waals surface area contributed by atoms with Gasteiger partial charge in [-0.25, -0.2) is 4.39 Å². The van der Waals surface area contributed by atoms with Gasteiger partial charge in [0.25, 0.3) is 0 Å². The van der Waals surface area contributed by atoms with Crippen LogP contribution in [0.15, 0.2) is 42.5 Å². The lowest BCUT2D eigenvalue weighted by Gasteiger charge is -2.35. The van der Waals surface area contributed by atoms with E-state index in [1.54, 1.807) is 0 Å². The zero-order chi connectivity index (χ0) is 29.1. The SMILES string of the molecule is CCc1cc(CN(CC2CCC(C(=O)O)CC2)C2CCc3c2ccc(F)c3Cl)ccc1OCCn1c(O)ccc1O. The van der Waals surface area contributed by atoms with Gasteiger partial charge in [0.05, 0.1) is 17.5 Å². The van der Waals surface area contributed by atoms with Crippen LogP contribution in [-0.4, -0.2) is 43.9 Å². The molecule has 1 fully saturated rings. The third kappa shape index (κ3) is 6.49. The van der Waals surface area contributed by atoms with Crippen molar-refractivity contribution in [3.63, 3.8) is 0 Å². The summed E-state index contributed by atoms with van der Waals surface area (Å²) in [7, 11) is 0. The molecule has 2 aliphatic rings. The molecule has 2 aromatic carbocycles. The highest BCUT2D eigenvalue weighted by molar-refractivity contribution is 6.31. The normalized spacial score (nSPS) is 20.3. The van der Waals surface area contributed by atoms with Crippen molar-refractivity contribution in [3.05, 3.63) is 75.6 Å². The summed E-state index contributed by atoms with van der Waals surface area (Å²) in [5.74, 6) is -0.168. The number of carbonyl (C=O) groups is 1. The fourth-order valence-corrected chi connectivity index (χ4v) is 6.79. The molecule has 0 radical (unpaired) electrons. The van der Waals surface area contributed by atoms with Gasteiger partial charge in [-0.15, -0.1) is 0 Å². The minimum atomic E-state index is -0.696. The van der Waals surface area contributed by atoms with Crippen molar-refractivity contribution in [1.82, 2.24) is 9.47 Å². The number of carboxylic acid groups (broad SMARTS) is 1. The van der Waals surface area contributed by atoms with Gasteiger partial charge in [-0.1, -0.05) is 36.7 Å². The van der Waals surface area contributed by atoms with Crippen molar-refractivity contribution in [2.75, 3.05) is 13.2 Å². The van der Waals surface area contributed by atoms with E-state index < -0.39 is 5.97 Å². The van der Waals surface area contributed by atoms with Crippen molar-refractivity contribution >= 4 is 17.6 Å². The number of nitrogens with zero attached hydrogens (tertiary/aromatic N) is 2. The van der Waals surface area contributed by atoms with Gasteiger partial charge in [-0.2, -0.15) is 0 Å². The predicted molar refractivity (Wildman–Crippen MR) is 155 cm³/mol. The summed E-state index contributed by atoms with van der Waals surface area (Å²) in [6, 6.07) is 12.6. The Balaban J connectivity index is 1.33. The average molecular weight is 585 g/mol. The molecule has 3 N–H and O–H groups in total. The molecule has 0 aliphatic heterocycles. The lowest BCUT2D eigenvalue weighted by atomic mass is 9.81. The molecule has 1 heterocycles. The first-order valence-corrected chi connectivity index (χ1v) is 14.9. The van der Waals surface area contributed by atoms with E-state index in [0.717, 1.165) is 66.7 Å². The highest BCUT2D eigenvalue weighted by atomic mass is 35.5. The highest BCUT2D eigenvalue weighted by Crippen LogP contribution is 2.42. The Morgan fingerprint density at radius 2 is 1.80 bits per heavy atom. The molecule has 0 spiro atoms. The second-order valence-corrected chi connectivity index (χ2v) is 11.7. The molecule has 5 rings (SSSR count). The van der Waals surface area contributed by atoms with Crippen LogP contribution in [0.2, 0.25) is 5.02 Å². The number of fused-ring (bicyclic) bond motifs is 1. The topological polar surface area (TPSA) is 95.2 Å². The van der Waals surface area contributed by atoms with Crippen LogP contribution in [0, 0.1) is 17.7 Å². The number of hydrogen-bond acceptors (Lipinski definition) is 5. The Kier molecular flexibility index (Phi) is 9.09. The largest absolute Gasteiger partial charge is 0.494 e. The molecule has 220 valence electrons. The number of aromatic nitrogens is 1. The summed E-state index contributed by atoms with van der Waals surface area (Å²) >= 11 is 6.36. The molecular formula is C32H38ClFN2O5. The molecule has 7 nitrogen and oxygen atoms in total. The van der Waals surface area contributed by atoms with E-state index in [1.807, 2.05) is 12.1 Å². The van der Waals surface area contributed by atoms with Gasteiger partial charge in [0, 0.05) is 31.3 Å². The van der Waals surface area contributed by atoms with E-state index in [0.29, 0.717) is 38.5 Å². The smallest absolute Gasteiger partial charge is 0.306 e. The van der Waals surface area contributed by atoms with E-state index in [-0.39, 0.29) is 34.6 Å². The zero-order valence-electron chi connectivity index (χ0n) is 23.4. The summed E-state index contributed by atoms with van der Waals surface area (Å²) in [5, 5.41) is 29.4. The van der Waals surface area contributed by atoms with Crippen LogP contribution in [0.5, 0.6) is 17.5 Å². The number of carboxylic acids is 1. The Labute approximate surface area is 245 Å². The van der Waals surface area contributed by atoms with Gasteiger partial charge in [-0.05, 0) is 85.3 Å².